The topological polar surface area (TPSA) is 102 Å². The van der Waals surface area contributed by atoms with Crippen LogP contribution in [0.5, 0.6) is 0 Å². The molecule has 0 heterocycles. The van der Waals surface area contributed by atoms with Crippen LogP contribution < -0.4 is 11.1 Å². The molecule has 6 heteroatoms. The molecule has 0 aromatic carbocycles. The number of amides is 1. The number of carboxylic acids is 1. The number of carbonyl (C=O) groups excluding carboxylic acids is 1. The normalized spacial score (nSPS) is 14.7. The Bertz CT molecular complexity index is 286. The molecule has 0 aromatic rings. The van der Waals surface area contributed by atoms with Crippen molar-refractivity contribution in [3.8, 4) is 0 Å². The number of ether oxygens (including phenoxy) is 1. The van der Waals surface area contributed by atoms with Gasteiger partial charge in [-0.3, -0.25) is 0 Å². The maximum Gasteiger partial charge on any atom is 0.408 e. The fourth-order valence-corrected chi connectivity index (χ4v) is 1.49. The molecule has 1 amide bonds. The van der Waals surface area contributed by atoms with Crippen molar-refractivity contribution in [2.75, 3.05) is 6.54 Å². The lowest BCUT2D eigenvalue weighted by atomic mass is 9.97. The second kappa shape index (κ2) is 7.20. The molecule has 6 nitrogen and oxygen atoms in total. The zero-order chi connectivity index (χ0) is 14.3. The third-order valence-electron chi connectivity index (χ3n) is 2.37. The van der Waals surface area contributed by atoms with Gasteiger partial charge in [0.05, 0.1) is 0 Å². The Kier molecular flexibility index (Phi) is 6.68. The minimum atomic E-state index is -1.06. The van der Waals surface area contributed by atoms with E-state index in [1.54, 1.807) is 27.7 Å². The Morgan fingerprint density at radius 2 is 1.94 bits per heavy atom. The molecule has 0 aliphatic carbocycles. The van der Waals surface area contributed by atoms with E-state index in [0.717, 1.165) is 6.42 Å². The monoisotopic (exact) mass is 260 g/mol. The molecule has 0 aliphatic heterocycles. The number of carbonyl (C=O) groups is 2. The maximum absolute atomic E-state index is 11.5. The third kappa shape index (κ3) is 7.11. The van der Waals surface area contributed by atoms with Gasteiger partial charge in [-0.05, 0) is 46.1 Å². The molecule has 0 saturated heterocycles. The number of rotatable bonds is 6. The highest BCUT2D eigenvalue weighted by atomic mass is 16.6. The quantitative estimate of drug-likeness (QED) is 0.669. The molecule has 0 aromatic heterocycles. The summed E-state index contributed by atoms with van der Waals surface area (Å²) in [5.74, 6) is -1.26. The van der Waals surface area contributed by atoms with Crippen molar-refractivity contribution in [1.82, 2.24) is 5.32 Å². The van der Waals surface area contributed by atoms with Crippen molar-refractivity contribution in [1.29, 1.82) is 0 Å². The molecule has 0 bridgehead atoms. The number of hydrogen-bond donors (Lipinski definition) is 3. The minimum absolute atomic E-state index is 0.196. The van der Waals surface area contributed by atoms with Gasteiger partial charge in [0, 0.05) is 0 Å². The Labute approximate surface area is 108 Å². The van der Waals surface area contributed by atoms with E-state index in [-0.39, 0.29) is 5.92 Å². The van der Waals surface area contributed by atoms with Gasteiger partial charge in [0.1, 0.15) is 11.6 Å². The number of alkyl carbamates (subject to hydrolysis) is 1. The highest BCUT2D eigenvalue weighted by Gasteiger charge is 2.28. The van der Waals surface area contributed by atoms with E-state index < -0.39 is 23.7 Å². The van der Waals surface area contributed by atoms with E-state index in [4.69, 9.17) is 15.6 Å². The van der Waals surface area contributed by atoms with Crippen LogP contribution in [0.4, 0.5) is 4.79 Å². The lowest BCUT2D eigenvalue weighted by molar-refractivity contribution is -0.140. The first-order valence-electron chi connectivity index (χ1n) is 6.09. The number of hydrogen-bond acceptors (Lipinski definition) is 4. The third-order valence-corrected chi connectivity index (χ3v) is 2.37. The average Bonchev–Trinajstić information content (AvgIpc) is 2.19. The zero-order valence-corrected chi connectivity index (χ0v) is 11.5. The lowest BCUT2D eigenvalue weighted by Crippen LogP contribution is -2.47. The molecular formula is C12H24N2O4. The molecule has 0 rings (SSSR count). The summed E-state index contributed by atoms with van der Waals surface area (Å²) in [6, 6.07) is -0.952. The van der Waals surface area contributed by atoms with Crippen LogP contribution in [0, 0.1) is 5.92 Å². The van der Waals surface area contributed by atoms with Crippen molar-refractivity contribution in [2.24, 2.45) is 11.7 Å². The van der Waals surface area contributed by atoms with Crippen LogP contribution in [0.15, 0.2) is 0 Å². The van der Waals surface area contributed by atoms with Crippen molar-refractivity contribution >= 4 is 12.1 Å². The average molecular weight is 260 g/mol. The van der Waals surface area contributed by atoms with Crippen LogP contribution in [0.25, 0.3) is 0 Å². The van der Waals surface area contributed by atoms with Gasteiger partial charge in [-0.15, -0.1) is 0 Å². The highest BCUT2D eigenvalue weighted by molar-refractivity contribution is 5.80. The summed E-state index contributed by atoms with van der Waals surface area (Å²) in [6.45, 7) is 7.44. The molecular weight excluding hydrogens is 236 g/mol. The summed E-state index contributed by atoms with van der Waals surface area (Å²) in [5.41, 5.74) is 4.73. The minimum Gasteiger partial charge on any atom is -0.480 e. The summed E-state index contributed by atoms with van der Waals surface area (Å²) in [7, 11) is 0. The van der Waals surface area contributed by atoms with E-state index in [2.05, 4.69) is 5.32 Å². The molecule has 0 radical (unpaired) electrons. The smallest absolute Gasteiger partial charge is 0.408 e. The second-order valence-electron chi connectivity index (χ2n) is 5.37. The number of nitrogens with two attached hydrogens (primary N) is 1. The zero-order valence-electron chi connectivity index (χ0n) is 11.5. The molecule has 2 atom stereocenters. The van der Waals surface area contributed by atoms with Crippen LogP contribution in [0.3, 0.4) is 0 Å². The molecule has 0 spiro atoms. The van der Waals surface area contributed by atoms with Gasteiger partial charge in [0.25, 0.3) is 0 Å². The summed E-state index contributed by atoms with van der Waals surface area (Å²) < 4.78 is 5.03. The molecule has 0 aliphatic rings. The Morgan fingerprint density at radius 1 is 1.39 bits per heavy atom. The molecule has 4 N–H and O–H groups in total. The number of nitrogens with one attached hydrogen (secondary N) is 1. The van der Waals surface area contributed by atoms with Gasteiger partial charge < -0.3 is 20.9 Å². The van der Waals surface area contributed by atoms with Crippen molar-refractivity contribution < 1.29 is 19.4 Å². The largest absolute Gasteiger partial charge is 0.480 e. The Morgan fingerprint density at radius 3 is 2.33 bits per heavy atom. The predicted molar refractivity (Wildman–Crippen MR) is 68.2 cm³/mol. The predicted octanol–water partition coefficient (Wildman–Crippen LogP) is 1.34. The van der Waals surface area contributed by atoms with Crippen molar-refractivity contribution in [3.63, 3.8) is 0 Å². The van der Waals surface area contributed by atoms with Gasteiger partial charge in [0.15, 0.2) is 0 Å². The van der Waals surface area contributed by atoms with Crippen LogP contribution >= 0.6 is 0 Å². The number of aliphatic carboxylic acids is 1. The summed E-state index contributed by atoms with van der Waals surface area (Å²) in [6.07, 6.45) is 0.652. The molecule has 18 heavy (non-hydrogen) atoms. The molecule has 0 unspecified atom stereocenters. The van der Waals surface area contributed by atoms with Gasteiger partial charge in [0.2, 0.25) is 0 Å². The van der Waals surface area contributed by atoms with Crippen molar-refractivity contribution in [2.45, 2.75) is 52.2 Å². The van der Waals surface area contributed by atoms with Gasteiger partial charge in [-0.25, -0.2) is 9.59 Å². The van der Waals surface area contributed by atoms with Crippen LogP contribution in [0.2, 0.25) is 0 Å². The Balaban J connectivity index is 4.44. The lowest BCUT2D eigenvalue weighted by Gasteiger charge is -2.24. The molecule has 0 fully saturated rings. The van der Waals surface area contributed by atoms with Crippen LogP contribution in [0.1, 0.15) is 40.5 Å². The van der Waals surface area contributed by atoms with E-state index in [0.29, 0.717) is 13.0 Å². The number of carboxylic acid groups (broad SMARTS) is 1. The Hall–Kier alpha value is -1.30. The fourth-order valence-electron chi connectivity index (χ4n) is 1.49. The second-order valence-corrected chi connectivity index (χ2v) is 5.37. The standard InChI is InChI=1S/C12H24N2O4/c1-8(6-5-7-13)9(10(15)16)14-11(17)18-12(2,3)4/h8-9H,5-7,13H2,1-4H3,(H,14,17)(H,15,16)/t8-,9+/m1/s1. The van der Waals surface area contributed by atoms with Crippen LogP contribution in [-0.2, 0) is 9.53 Å². The van der Waals surface area contributed by atoms with E-state index >= 15 is 0 Å². The van der Waals surface area contributed by atoms with Gasteiger partial charge in [-0.1, -0.05) is 6.92 Å². The molecule has 0 saturated carbocycles. The highest BCUT2D eigenvalue weighted by Crippen LogP contribution is 2.12. The summed E-state index contributed by atoms with van der Waals surface area (Å²) in [4.78, 5) is 22.6. The van der Waals surface area contributed by atoms with Gasteiger partial charge in [-0.2, -0.15) is 0 Å². The van der Waals surface area contributed by atoms with E-state index in [1.165, 1.54) is 0 Å². The summed E-state index contributed by atoms with van der Waals surface area (Å²) in [5, 5.41) is 11.5. The van der Waals surface area contributed by atoms with Crippen molar-refractivity contribution in [3.05, 3.63) is 0 Å². The molecule has 106 valence electrons. The fraction of sp³-hybridized carbons (Fsp3) is 0.833. The van der Waals surface area contributed by atoms with E-state index in [1.807, 2.05) is 0 Å². The maximum atomic E-state index is 11.5. The SMILES string of the molecule is C[C@H](CCCN)[C@H](NC(=O)OC(C)(C)C)C(=O)O. The first-order chi connectivity index (χ1) is 8.17. The summed E-state index contributed by atoms with van der Waals surface area (Å²) >= 11 is 0. The van der Waals surface area contributed by atoms with E-state index in [9.17, 15) is 9.59 Å². The van der Waals surface area contributed by atoms with Gasteiger partial charge >= 0.3 is 12.1 Å². The first kappa shape index (κ1) is 16.7. The first-order valence-corrected chi connectivity index (χ1v) is 6.09. The van der Waals surface area contributed by atoms with Crippen LogP contribution in [-0.4, -0.2) is 35.4 Å².